The van der Waals surface area contributed by atoms with Crippen molar-refractivity contribution in [1.29, 1.82) is 0 Å². The van der Waals surface area contributed by atoms with E-state index in [1.807, 2.05) is 6.92 Å². The number of rotatable bonds is 9. The second-order valence-electron chi connectivity index (χ2n) is 8.31. The molecule has 1 aromatic carbocycles. The van der Waals surface area contributed by atoms with Crippen LogP contribution in [0, 0.1) is 11.6 Å². The first kappa shape index (κ1) is 24.8. The summed E-state index contributed by atoms with van der Waals surface area (Å²) in [7, 11) is 0. The van der Waals surface area contributed by atoms with Crippen LogP contribution in [0.5, 0.6) is 0 Å². The van der Waals surface area contributed by atoms with Gasteiger partial charge in [-0.1, -0.05) is 13.0 Å². The van der Waals surface area contributed by atoms with E-state index in [1.54, 1.807) is 11.8 Å². The lowest BCUT2D eigenvalue weighted by atomic mass is 9.94. The minimum absolute atomic E-state index is 0.0406. The molecule has 0 bridgehead atoms. The fraction of sp³-hybridized carbons (Fsp3) is 0.591. The van der Waals surface area contributed by atoms with Gasteiger partial charge in [-0.05, 0) is 37.5 Å². The summed E-state index contributed by atoms with van der Waals surface area (Å²) in [5.41, 5.74) is 0.344. The maximum atomic E-state index is 13.8. The maximum absolute atomic E-state index is 13.8. The molecule has 2 fully saturated rings. The summed E-state index contributed by atoms with van der Waals surface area (Å²) in [5, 5.41) is 19.3. The molecule has 4 atom stereocenters. The number of carbonyl (C=O) groups excluding carboxylic acids is 3. The van der Waals surface area contributed by atoms with Crippen LogP contribution in [-0.2, 0) is 16.0 Å². The number of likely N-dealkylation sites (N-methyl/N-ethyl adjacent to an activating group) is 1. The number of nitrogens with zero attached hydrogens (tertiary/aromatic N) is 2. The first-order chi connectivity index (χ1) is 15.8. The van der Waals surface area contributed by atoms with Crippen molar-refractivity contribution in [3.05, 3.63) is 35.4 Å². The summed E-state index contributed by atoms with van der Waals surface area (Å²) < 4.78 is 27.1. The SMILES string of the molecule is CCCN1CC(C(=O)N[C@@H](Cc2ccc(F)c(F)c2)[C@H](O)[C@@H]2NCCNC2=O)N(CC)C1=O. The number of benzene rings is 1. The number of amides is 4. The van der Waals surface area contributed by atoms with Gasteiger partial charge in [0.15, 0.2) is 11.6 Å². The third-order valence-corrected chi connectivity index (χ3v) is 6.01. The van der Waals surface area contributed by atoms with Crippen molar-refractivity contribution in [2.45, 2.75) is 50.9 Å². The molecule has 11 heteroatoms. The Bertz CT molecular complexity index is 886. The molecule has 2 saturated heterocycles. The number of aliphatic hydroxyl groups is 1. The largest absolute Gasteiger partial charge is 0.389 e. The van der Waals surface area contributed by atoms with E-state index in [9.17, 15) is 28.3 Å². The smallest absolute Gasteiger partial charge is 0.320 e. The van der Waals surface area contributed by atoms with Gasteiger partial charge >= 0.3 is 6.03 Å². The molecular formula is C22H31F2N5O4. The third kappa shape index (κ3) is 5.59. The van der Waals surface area contributed by atoms with Crippen LogP contribution in [0.4, 0.5) is 13.6 Å². The van der Waals surface area contributed by atoms with Crippen LogP contribution in [0.15, 0.2) is 18.2 Å². The van der Waals surface area contributed by atoms with Gasteiger partial charge in [0.25, 0.3) is 0 Å². The van der Waals surface area contributed by atoms with E-state index in [0.29, 0.717) is 31.7 Å². The second kappa shape index (κ2) is 10.9. The lowest BCUT2D eigenvalue weighted by molar-refractivity contribution is -0.131. The Morgan fingerprint density at radius 3 is 2.64 bits per heavy atom. The Hall–Kier alpha value is -2.79. The first-order valence-electron chi connectivity index (χ1n) is 11.3. The van der Waals surface area contributed by atoms with Crippen LogP contribution < -0.4 is 16.0 Å². The van der Waals surface area contributed by atoms with Gasteiger partial charge in [0, 0.05) is 26.2 Å². The van der Waals surface area contributed by atoms with Crippen LogP contribution in [-0.4, -0.2) is 89.7 Å². The average molecular weight is 468 g/mol. The van der Waals surface area contributed by atoms with Crippen molar-refractivity contribution < 1.29 is 28.3 Å². The van der Waals surface area contributed by atoms with Crippen molar-refractivity contribution in [3.63, 3.8) is 0 Å². The zero-order valence-electron chi connectivity index (χ0n) is 18.8. The minimum atomic E-state index is -1.35. The van der Waals surface area contributed by atoms with Crippen LogP contribution in [0.1, 0.15) is 25.8 Å². The minimum Gasteiger partial charge on any atom is -0.389 e. The summed E-state index contributed by atoms with van der Waals surface area (Å²) in [4.78, 5) is 41.1. The Morgan fingerprint density at radius 2 is 2.00 bits per heavy atom. The fourth-order valence-electron chi connectivity index (χ4n) is 4.32. The van der Waals surface area contributed by atoms with E-state index in [-0.39, 0.29) is 19.0 Å². The number of nitrogens with one attached hydrogen (secondary N) is 3. The Kier molecular flexibility index (Phi) is 8.20. The highest BCUT2D eigenvalue weighted by Gasteiger charge is 2.42. The number of hydrogen-bond donors (Lipinski definition) is 4. The molecule has 0 aliphatic carbocycles. The fourth-order valence-corrected chi connectivity index (χ4v) is 4.32. The predicted molar refractivity (Wildman–Crippen MR) is 116 cm³/mol. The van der Waals surface area contributed by atoms with Gasteiger partial charge in [-0.25, -0.2) is 13.6 Å². The van der Waals surface area contributed by atoms with Crippen molar-refractivity contribution in [2.24, 2.45) is 0 Å². The number of hydrogen-bond acceptors (Lipinski definition) is 5. The lowest BCUT2D eigenvalue weighted by Gasteiger charge is -2.34. The van der Waals surface area contributed by atoms with Gasteiger partial charge in [-0.3, -0.25) is 9.59 Å². The van der Waals surface area contributed by atoms with Crippen LogP contribution in [0.2, 0.25) is 0 Å². The summed E-state index contributed by atoms with van der Waals surface area (Å²) in [6.07, 6.45) is -0.639. The zero-order valence-corrected chi connectivity index (χ0v) is 18.8. The van der Waals surface area contributed by atoms with E-state index in [2.05, 4.69) is 16.0 Å². The van der Waals surface area contributed by atoms with Crippen molar-refractivity contribution in [1.82, 2.24) is 25.8 Å². The quantitative estimate of drug-likeness (QED) is 0.408. The average Bonchev–Trinajstić information content (AvgIpc) is 3.11. The van der Waals surface area contributed by atoms with Gasteiger partial charge in [0.2, 0.25) is 11.8 Å². The van der Waals surface area contributed by atoms with E-state index in [1.165, 1.54) is 11.0 Å². The van der Waals surface area contributed by atoms with Crippen LogP contribution in [0.25, 0.3) is 0 Å². The highest BCUT2D eigenvalue weighted by atomic mass is 19.2. The van der Waals surface area contributed by atoms with Gasteiger partial charge < -0.3 is 30.9 Å². The van der Waals surface area contributed by atoms with Crippen molar-refractivity contribution in [2.75, 3.05) is 32.7 Å². The monoisotopic (exact) mass is 467 g/mol. The molecule has 1 aromatic rings. The normalized spacial score (nSPS) is 22.8. The summed E-state index contributed by atoms with van der Waals surface area (Å²) in [5.74, 6) is -2.95. The standard InChI is InChI=1S/C22H31F2N5O4/c1-3-9-28-12-17(29(4-2)22(28)33)20(31)27-16(11-13-5-6-14(23)15(24)10-13)19(30)18-21(32)26-8-7-25-18/h5-6,10,16-19,25,30H,3-4,7-9,11-12H2,1-2H3,(H,26,32)(H,27,31)/t16-,17?,18-,19-/m0/s1. The molecule has 0 spiro atoms. The van der Waals surface area contributed by atoms with E-state index in [0.717, 1.165) is 18.6 Å². The first-order valence-corrected chi connectivity index (χ1v) is 11.3. The summed E-state index contributed by atoms with van der Waals surface area (Å²) >= 11 is 0. The predicted octanol–water partition coefficient (Wildman–Crippen LogP) is -0.0229. The highest BCUT2D eigenvalue weighted by Crippen LogP contribution is 2.19. The van der Waals surface area contributed by atoms with Crippen LogP contribution >= 0.6 is 0 Å². The summed E-state index contributed by atoms with van der Waals surface area (Å²) in [6.45, 7) is 5.62. The van der Waals surface area contributed by atoms with Gasteiger partial charge in [0.1, 0.15) is 12.1 Å². The van der Waals surface area contributed by atoms with Crippen LogP contribution in [0.3, 0.4) is 0 Å². The molecular weight excluding hydrogens is 436 g/mol. The molecule has 2 aliphatic rings. The number of halogens is 2. The zero-order chi connectivity index (χ0) is 24.1. The molecule has 0 aromatic heterocycles. The molecule has 0 saturated carbocycles. The second-order valence-corrected chi connectivity index (χ2v) is 8.31. The van der Waals surface area contributed by atoms with Gasteiger partial charge in [-0.15, -0.1) is 0 Å². The Labute approximate surface area is 191 Å². The van der Waals surface area contributed by atoms with Gasteiger partial charge in [0.05, 0.1) is 18.7 Å². The van der Waals surface area contributed by atoms with E-state index in [4.69, 9.17) is 0 Å². The number of urea groups is 1. The molecule has 4 N–H and O–H groups in total. The molecule has 2 aliphatic heterocycles. The van der Waals surface area contributed by atoms with Gasteiger partial charge in [-0.2, -0.15) is 0 Å². The molecule has 33 heavy (non-hydrogen) atoms. The number of piperazine rings is 1. The summed E-state index contributed by atoms with van der Waals surface area (Å²) in [6, 6.07) is 0.358. The molecule has 4 amide bonds. The molecule has 1 unspecified atom stereocenters. The molecule has 3 rings (SSSR count). The number of aliphatic hydroxyl groups excluding tert-OH is 1. The molecule has 9 nitrogen and oxygen atoms in total. The maximum Gasteiger partial charge on any atom is 0.320 e. The number of carbonyl (C=O) groups is 3. The van der Waals surface area contributed by atoms with E-state index >= 15 is 0 Å². The highest BCUT2D eigenvalue weighted by molar-refractivity contribution is 5.91. The molecule has 0 radical (unpaired) electrons. The van der Waals surface area contributed by atoms with Crippen molar-refractivity contribution >= 4 is 17.8 Å². The molecule has 182 valence electrons. The third-order valence-electron chi connectivity index (χ3n) is 6.01. The Morgan fingerprint density at radius 1 is 1.24 bits per heavy atom. The van der Waals surface area contributed by atoms with E-state index < -0.39 is 47.7 Å². The lowest BCUT2D eigenvalue weighted by Crippen LogP contribution is -2.64. The molecule has 2 heterocycles. The van der Waals surface area contributed by atoms with Crippen molar-refractivity contribution in [3.8, 4) is 0 Å². The Balaban J connectivity index is 1.82. The topological polar surface area (TPSA) is 114 Å².